The number of aromatic nitrogens is 2. The van der Waals surface area contributed by atoms with Gasteiger partial charge in [0.1, 0.15) is 11.0 Å². The Hall–Kier alpha value is -0.770. The number of rotatable bonds is 3. The van der Waals surface area contributed by atoms with Crippen molar-refractivity contribution >= 4 is 35.0 Å². The maximum atomic E-state index is 6.35. The van der Waals surface area contributed by atoms with E-state index in [2.05, 4.69) is 4.98 Å². The smallest absolute Gasteiger partial charge is 0.140 e. The fraction of sp³-hybridized carbons (Fsp3) is 0.375. The molecule has 0 saturated carbocycles. The maximum Gasteiger partial charge on any atom is 0.140 e. The molecule has 110 valence electrons. The quantitative estimate of drug-likeness (QED) is 0.429. The summed E-state index contributed by atoms with van der Waals surface area (Å²) in [4.78, 5) is 10.2. The predicted octanol–water partition coefficient (Wildman–Crippen LogP) is 5.34. The second kappa shape index (κ2) is 6.99. The summed E-state index contributed by atoms with van der Waals surface area (Å²) in [7, 11) is 0. The van der Waals surface area contributed by atoms with Crippen molar-refractivity contribution in [3.63, 3.8) is 0 Å². The van der Waals surface area contributed by atoms with Crippen LogP contribution < -0.4 is 0 Å². The van der Waals surface area contributed by atoms with Crippen molar-refractivity contribution in [3.8, 4) is 0 Å². The SMILES string of the molecule is Clc1ccccc1SCc1nc(Cl)c2c(n1)CCCCC2. The van der Waals surface area contributed by atoms with Crippen LogP contribution in [0.15, 0.2) is 29.2 Å². The molecular formula is C16H16Cl2N2S. The van der Waals surface area contributed by atoms with Crippen LogP contribution in [0.25, 0.3) is 0 Å². The zero-order valence-electron chi connectivity index (χ0n) is 11.6. The molecule has 21 heavy (non-hydrogen) atoms. The molecule has 0 spiro atoms. The van der Waals surface area contributed by atoms with Crippen molar-refractivity contribution in [3.05, 3.63) is 51.5 Å². The van der Waals surface area contributed by atoms with Gasteiger partial charge in [-0.1, -0.05) is 41.8 Å². The van der Waals surface area contributed by atoms with Gasteiger partial charge in [0.25, 0.3) is 0 Å². The molecule has 0 saturated heterocycles. The highest BCUT2D eigenvalue weighted by Crippen LogP contribution is 2.30. The van der Waals surface area contributed by atoms with Crippen LogP contribution in [0, 0.1) is 0 Å². The summed E-state index contributed by atoms with van der Waals surface area (Å²) in [5, 5.41) is 1.40. The molecule has 1 aromatic carbocycles. The van der Waals surface area contributed by atoms with Gasteiger partial charge in [0, 0.05) is 16.2 Å². The highest BCUT2D eigenvalue weighted by molar-refractivity contribution is 7.98. The summed E-state index contributed by atoms with van der Waals surface area (Å²) in [6.07, 6.45) is 5.64. The Morgan fingerprint density at radius 2 is 1.81 bits per heavy atom. The van der Waals surface area contributed by atoms with Gasteiger partial charge in [-0.2, -0.15) is 0 Å². The fourth-order valence-corrected chi connectivity index (χ4v) is 3.94. The molecule has 1 aromatic heterocycles. The fourth-order valence-electron chi connectivity index (χ4n) is 2.54. The van der Waals surface area contributed by atoms with Gasteiger partial charge in [-0.05, 0) is 37.8 Å². The molecule has 2 aromatic rings. The van der Waals surface area contributed by atoms with Crippen LogP contribution in [0.4, 0.5) is 0 Å². The molecule has 1 aliphatic rings. The molecular weight excluding hydrogens is 323 g/mol. The van der Waals surface area contributed by atoms with Crippen LogP contribution in [0.3, 0.4) is 0 Å². The zero-order chi connectivity index (χ0) is 14.7. The highest BCUT2D eigenvalue weighted by Gasteiger charge is 2.15. The third-order valence-electron chi connectivity index (χ3n) is 3.62. The average molecular weight is 339 g/mol. The maximum absolute atomic E-state index is 6.35. The van der Waals surface area contributed by atoms with Crippen LogP contribution >= 0.6 is 35.0 Å². The van der Waals surface area contributed by atoms with Crippen molar-refractivity contribution in [2.45, 2.75) is 42.8 Å². The monoisotopic (exact) mass is 338 g/mol. The molecule has 0 atom stereocenters. The second-order valence-corrected chi connectivity index (χ2v) is 6.92. The highest BCUT2D eigenvalue weighted by atomic mass is 35.5. The number of nitrogens with zero attached hydrogens (tertiary/aromatic N) is 2. The molecule has 0 unspecified atom stereocenters. The Morgan fingerprint density at radius 1 is 1.00 bits per heavy atom. The number of hydrogen-bond acceptors (Lipinski definition) is 3. The largest absolute Gasteiger partial charge is 0.237 e. The lowest BCUT2D eigenvalue weighted by Gasteiger charge is -2.09. The summed E-state index contributed by atoms with van der Waals surface area (Å²) in [6.45, 7) is 0. The second-order valence-electron chi connectivity index (χ2n) is 5.14. The Balaban J connectivity index is 1.79. The average Bonchev–Trinajstić information content (AvgIpc) is 2.72. The lowest BCUT2D eigenvalue weighted by molar-refractivity contribution is 0.708. The summed E-state index contributed by atoms with van der Waals surface area (Å²) >= 11 is 14.2. The number of halogens is 2. The van der Waals surface area contributed by atoms with E-state index >= 15 is 0 Å². The normalized spacial score (nSPS) is 14.6. The van der Waals surface area contributed by atoms with E-state index in [0.29, 0.717) is 10.9 Å². The first-order valence-corrected chi connectivity index (χ1v) is 8.89. The predicted molar refractivity (Wildman–Crippen MR) is 89.3 cm³/mol. The van der Waals surface area contributed by atoms with Gasteiger partial charge in [-0.15, -0.1) is 11.8 Å². The van der Waals surface area contributed by atoms with Gasteiger partial charge in [-0.3, -0.25) is 0 Å². The molecule has 0 N–H and O–H groups in total. The van der Waals surface area contributed by atoms with Gasteiger partial charge in [0.05, 0.1) is 10.8 Å². The third-order valence-corrected chi connectivity index (χ3v) is 5.45. The standard InChI is InChI=1S/C16H16Cl2N2S/c17-12-7-4-5-9-14(12)21-10-15-19-13-8-3-1-2-6-11(13)16(18)20-15/h4-5,7,9H,1-3,6,8,10H2. The number of thioether (sulfide) groups is 1. The topological polar surface area (TPSA) is 25.8 Å². The summed E-state index contributed by atoms with van der Waals surface area (Å²) < 4.78 is 0. The van der Waals surface area contributed by atoms with Gasteiger partial charge >= 0.3 is 0 Å². The minimum absolute atomic E-state index is 0.636. The van der Waals surface area contributed by atoms with Gasteiger partial charge < -0.3 is 0 Å². The Morgan fingerprint density at radius 3 is 2.67 bits per heavy atom. The Bertz CT molecular complexity index is 646. The lowest BCUT2D eigenvalue weighted by Crippen LogP contribution is -2.04. The number of aryl methyl sites for hydroxylation is 1. The van der Waals surface area contributed by atoms with Crippen LogP contribution in [-0.2, 0) is 18.6 Å². The molecule has 0 aliphatic heterocycles. The van der Waals surface area contributed by atoms with E-state index in [1.165, 1.54) is 19.3 Å². The van der Waals surface area contributed by atoms with Crippen LogP contribution in [0.2, 0.25) is 10.2 Å². The Kier molecular flexibility index (Phi) is 5.04. The van der Waals surface area contributed by atoms with Crippen molar-refractivity contribution in [1.82, 2.24) is 9.97 Å². The van der Waals surface area contributed by atoms with Crippen LogP contribution in [-0.4, -0.2) is 9.97 Å². The molecule has 0 bridgehead atoms. The van der Waals surface area contributed by atoms with E-state index < -0.39 is 0 Å². The minimum Gasteiger partial charge on any atom is -0.237 e. The summed E-state index contributed by atoms with van der Waals surface area (Å²) in [5.74, 6) is 1.49. The number of fused-ring (bicyclic) bond motifs is 1. The molecule has 0 fully saturated rings. The third kappa shape index (κ3) is 3.71. The molecule has 1 heterocycles. The van der Waals surface area contributed by atoms with E-state index in [4.69, 9.17) is 28.2 Å². The number of benzene rings is 1. The summed E-state index contributed by atoms with van der Waals surface area (Å²) in [5.41, 5.74) is 2.29. The van der Waals surface area contributed by atoms with E-state index in [1.807, 2.05) is 24.3 Å². The molecule has 2 nitrogen and oxygen atoms in total. The molecule has 3 rings (SSSR count). The van der Waals surface area contributed by atoms with Gasteiger partial charge in [0.15, 0.2) is 0 Å². The first kappa shape index (κ1) is 15.1. The van der Waals surface area contributed by atoms with Crippen LogP contribution in [0.1, 0.15) is 36.3 Å². The minimum atomic E-state index is 0.636. The Labute approximate surface area is 139 Å². The van der Waals surface area contributed by atoms with E-state index in [0.717, 1.165) is 39.8 Å². The van der Waals surface area contributed by atoms with E-state index in [1.54, 1.807) is 11.8 Å². The first-order chi connectivity index (χ1) is 10.2. The first-order valence-electron chi connectivity index (χ1n) is 7.15. The van der Waals surface area contributed by atoms with Crippen molar-refractivity contribution < 1.29 is 0 Å². The van der Waals surface area contributed by atoms with E-state index in [9.17, 15) is 0 Å². The molecule has 0 amide bonds. The van der Waals surface area contributed by atoms with Crippen molar-refractivity contribution in [2.24, 2.45) is 0 Å². The zero-order valence-corrected chi connectivity index (χ0v) is 13.9. The van der Waals surface area contributed by atoms with Crippen molar-refractivity contribution in [1.29, 1.82) is 0 Å². The van der Waals surface area contributed by atoms with Gasteiger partial charge in [-0.25, -0.2) is 9.97 Å². The lowest BCUT2D eigenvalue weighted by atomic mass is 10.1. The van der Waals surface area contributed by atoms with Crippen LogP contribution in [0.5, 0.6) is 0 Å². The summed E-state index contributed by atoms with van der Waals surface area (Å²) in [6, 6.07) is 7.83. The van der Waals surface area contributed by atoms with Crippen molar-refractivity contribution in [2.75, 3.05) is 0 Å². The molecule has 5 heteroatoms. The van der Waals surface area contributed by atoms with E-state index in [-0.39, 0.29) is 0 Å². The molecule has 1 aliphatic carbocycles. The van der Waals surface area contributed by atoms with Gasteiger partial charge in [0.2, 0.25) is 0 Å². The molecule has 0 radical (unpaired) electrons. The number of hydrogen-bond donors (Lipinski definition) is 0.